The molecule has 0 fully saturated rings. The van der Waals surface area contributed by atoms with E-state index in [0.29, 0.717) is 0 Å². The molecule has 0 aliphatic rings. The first-order chi connectivity index (χ1) is 8.36. The molecule has 1 rings (SSSR count). The van der Waals surface area contributed by atoms with Gasteiger partial charge in [-0.05, 0) is 0 Å². The van der Waals surface area contributed by atoms with Crippen LogP contribution in [0.25, 0.3) is 0 Å². The van der Waals surface area contributed by atoms with Gasteiger partial charge < -0.3 is 4.84 Å². The molecule has 0 aliphatic heterocycles. The maximum absolute atomic E-state index is 13.1. The smallest absolute Gasteiger partial charge is 0.200 e. The van der Waals surface area contributed by atoms with Crippen LogP contribution in [0.1, 0.15) is 19.4 Å². The van der Waals surface area contributed by atoms with Crippen LogP contribution < -0.4 is 0 Å². The summed E-state index contributed by atoms with van der Waals surface area (Å²) < 4.78 is 64.5. The molecule has 7 heteroatoms. The first-order valence-corrected chi connectivity index (χ1v) is 4.94. The summed E-state index contributed by atoms with van der Waals surface area (Å²) in [6.45, 7) is 2.56. The fraction of sp³-hybridized carbons (Fsp3) is 0.364. The molecule has 0 amide bonds. The van der Waals surface area contributed by atoms with Crippen molar-refractivity contribution < 1.29 is 26.8 Å². The fourth-order valence-corrected chi connectivity index (χ4v) is 1.02. The van der Waals surface area contributed by atoms with Gasteiger partial charge in [0, 0.05) is 5.92 Å². The lowest BCUT2D eigenvalue weighted by Gasteiger charge is -2.06. The number of hydrogen-bond acceptors (Lipinski definition) is 2. The van der Waals surface area contributed by atoms with Crippen LogP contribution in [0.2, 0.25) is 0 Å². The Labute approximate surface area is 100 Å². The van der Waals surface area contributed by atoms with Gasteiger partial charge in [0.2, 0.25) is 5.82 Å². The van der Waals surface area contributed by atoms with Gasteiger partial charge in [-0.2, -0.15) is 0 Å². The molecule has 0 saturated carbocycles. The average molecular weight is 266 g/mol. The van der Waals surface area contributed by atoms with Crippen molar-refractivity contribution in [3.63, 3.8) is 0 Å². The molecular weight excluding hydrogens is 257 g/mol. The molecule has 1 aromatic carbocycles. The Morgan fingerprint density at radius 1 is 0.944 bits per heavy atom. The quantitative estimate of drug-likeness (QED) is 0.269. The van der Waals surface area contributed by atoms with Crippen molar-refractivity contribution in [1.82, 2.24) is 0 Å². The van der Waals surface area contributed by atoms with Gasteiger partial charge in [0.1, 0.15) is 12.8 Å². The maximum Gasteiger partial charge on any atom is 0.200 e. The van der Waals surface area contributed by atoms with E-state index in [1.807, 2.05) is 0 Å². The predicted molar refractivity (Wildman–Crippen MR) is 53.3 cm³/mol. The molecule has 0 bridgehead atoms. The van der Waals surface area contributed by atoms with Crippen LogP contribution in [0, 0.1) is 35.0 Å². The lowest BCUT2D eigenvalue weighted by Crippen LogP contribution is -2.07. The third kappa shape index (κ3) is 2.96. The van der Waals surface area contributed by atoms with Crippen LogP contribution in [0.15, 0.2) is 5.16 Å². The van der Waals surface area contributed by atoms with Gasteiger partial charge in [-0.3, -0.25) is 0 Å². The Hall–Kier alpha value is -1.66. The Morgan fingerprint density at radius 3 is 1.83 bits per heavy atom. The Kier molecular flexibility index (Phi) is 4.63. The van der Waals surface area contributed by atoms with Gasteiger partial charge in [-0.1, -0.05) is 19.0 Å². The summed E-state index contributed by atoms with van der Waals surface area (Å²) in [6.07, 6.45) is 2.39. The number of hydrogen-bond donors (Lipinski definition) is 0. The third-order valence-electron chi connectivity index (χ3n) is 1.89. The van der Waals surface area contributed by atoms with Crippen LogP contribution in [0.5, 0.6) is 0 Å². The van der Waals surface area contributed by atoms with E-state index in [4.69, 9.17) is 0 Å². The monoisotopic (exact) mass is 266 g/mol. The molecule has 0 saturated heterocycles. The van der Waals surface area contributed by atoms with Gasteiger partial charge in [0.15, 0.2) is 23.3 Å². The SMILES string of the molecule is CC(C)/[C]=N\OCc1c(F)c(F)c(F)c(F)c1F. The van der Waals surface area contributed by atoms with E-state index in [2.05, 4.69) is 16.2 Å². The van der Waals surface area contributed by atoms with E-state index in [0.717, 1.165) is 0 Å². The largest absolute Gasteiger partial charge is 0.390 e. The van der Waals surface area contributed by atoms with Crippen molar-refractivity contribution in [2.45, 2.75) is 20.5 Å². The third-order valence-corrected chi connectivity index (χ3v) is 1.89. The summed E-state index contributed by atoms with van der Waals surface area (Å²) >= 11 is 0. The lowest BCUT2D eigenvalue weighted by molar-refractivity contribution is 0.123. The van der Waals surface area contributed by atoms with Gasteiger partial charge >= 0.3 is 0 Å². The molecule has 0 N–H and O–H groups in total. The van der Waals surface area contributed by atoms with Crippen molar-refractivity contribution in [2.75, 3.05) is 0 Å². The second-order valence-electron chi connectivity index (χ2n) is 3.70. The summed E-state index contributed by atoms with van der Waals surface area (Å²) in [6, 6.07) is 0. The van der Waals surface area contributed by atoms with Crippen LogP contribution in [-0.4, -0.2) is 6.21 Å². The molecule has 2 nitrogen and oxygen atoms in total. The standard InChI is InChI=1S/C11H9F5NO/c1-5(2)3-17-18-4-6-7(12)9(14)11(16)10(15)8(6)13/h5H,4H2,1-2H3. The van der Waals surface area contributed by atoms with Gasteiger partial charge in [-0.25, -0.2) is 22.0 Å². The van der Waals surface area contributed by atoms with E-state index in [1.165, 1.54) is 0 Å². The minimum Gasteiger partial charge on any atom is -0.390 e. The molecule has 0 aromatic heterocycles. The fourth-order valence-electron chi connectivity index (χ4n) is 1.02. The highest BCUT2D eigenvalue weighted by Crippen LogP contribution is 2.23. The molecule has 1 radical (unpaired) electrons. The van der Waals surface area contributed by atoms with Crippen LogP contribution in [0.3, 0.4) is 0 Å². The highest BCUT2D eigenvalue weighted by molar-refractivity contribution is 5.58. The van der Waals surface area contributed by atoms with E-state index in [9.17, 15) is 22.0 Å². The molecule has 0 aliphatic carbocycles. The number of nitrogens with zero attached hydrogens (tertiary/aromatic N) is 1. The zero-order valence-corrected chi connectivity index (χ0v) is 9.53. The lowest BCUT2D eigenvalue weighted by atomic mass is 10.2. The van der Waals surface area contributed by atoms with Gasteiger partial charge in [-0.15, -0.1) is 0 Å². The zero-order chi connectivity index (χ0) is 13.9. The highest BCUT2D eigenvalue weighted by Gasteiger charge is 2.25. The number of benzene rings is 1. The zero-order valence-electron chi connectivity index (χ0n) is 9.53. The molecule has 1 aromatic rings. The van der Waals surface area contributed by atoms with Crippen molar-refractivity contribution in [2.24, 2.45) is 11.1 Å². The number of rotatable bonds is 4. The number of halogens is 5. The van der Waals surface area contributed by atoms with E-state index >= 15 is 0 Å². The van der Waals surface area contributed by atoms with Gasteiger partial charge in [0.05, 0.1) is 5.56 Å². The highest BCUT2D eigenvalue weighted by atomic mass is 19.2. The molecule has 99 valence electrons. The summed E-state index contributed by atoms with van der Waals surface area (Å²) in [4.78, 5) is 4.42. The Bertz CT molecular complexity index is 444. The van der Waals surface area contributed by atoms with Crippen LogP contribution in [0.4, 0.5) is 22.0 Å². The molecule has 0 unspecified atom stereocenters. The molecular formula is C11H9F5NO. The van der Waals surface area contributed by atoms with Crippen molar-refractivity contribution in [3.05, 3.63) is 34.6 Å². The minimum absolute atomic E-state index is 0.0959. The van der Waals surface area contributed by atoms with Crippen molar-refractivity contribution in [3.8, 4) is 0 Å². The maximum atomic E-state index is 13.1. The summed E-state index contributed by atoms with van der Waals surface area (Å²) in [7, 11) is 0. The van der Waals surface area contributed by atoms with Crippen molar-refractivity contribution in [1.29, 1.82) is 0 Å². The Balaban J connectivity index is 2.96. The molecule has 18 heavy (non-hydrogen) atoms. The van der Waals surface area contributed by atoms with E-state index in [1.54, 1.807) is 13.8 Å². The average Bonchev–Trinajstić information content (AvgIpc) is 2.32. The minimum atomic E-state index is -2.20. The van der Waals surface area contributed by atoms with Crippen molar-refractivity contribution >= 4 is 6.21 Å². The Morgan fingerprint density at radius 2 is 1.39 bits per heavy atom. The first kappa shape index (κ1) is 14.4. The van der Waals surface area contributed by atoms with E-state index < -0.39 is 41.3 Å². The van der Waals surface area contributed by atoms with Crippen LogP contribution >= 0.6 is 0 Å². The summed E-state index contributed by atoms with van der Waals surface area (Å²) in [5.74, 6) is -10.2. The second kappa shape index (κ2) is 5.79. The topological polar surface area (TPSA) is 21.6 Å². The molecule has 0 atom stereocenters. The molecule has 0 heterocycles. The summed E-state index contributed by atoms with van der Waals surface area (Å²) in [5.41, 5.74) is -1.07. The van der Waals surface area contributed by atoms with E-state index in [-0.39, 0.29) is 5.92 Å². The molecule has 0 spiro atoms. The van der Waals surface area contributed by atoms with Crippen LogP contribution in [-0.2, 0) is 11.4 Å². The van der Waals surface area contributed by atoms with Gasteiger partial charge in [0.25, 0.3) is 0 Å². The summed E-state index contributed by atoms with van der Waals surface area (Å²) in [5, 5.41) is 3.21. The first-order valence-electron chi connectivity index (χ1n) is 4.94. The normalized spacial score (nSPS) is 11.6. The predicted octanol–water partition coefficient (Wildman–Crippen LogP) is 3.42. The second-order valence-corrected chi connectivity index (χ2v) is 3.70.